The van der Waals surface area contributed by atoms with Crippen LogP contribution in [0.3, 0.4) is 0 Å². The van der Waals surface area contributed by atoms with E-state index in [0.717, 1.165) is 25.2 Å². The Morgan fingerprint density at radius 2 is 2.11 bits per heavy atom. The number of hydrogen-bond acceptors (Lipinski definition) is 2. The van der Waals surface area contributed by atoms with Crippen LogP contribution in [0.2, 0.25) is 0 Å². The van der Waals surface area contributed by atoms with Gasteiger partial charge < -0.3 is 15.7 Å². The summed E-state index contributed by atoms with van der Waals surface area (Å²) >= 11 is 0. The number of hydrogen-bond donors (Lipinski definition) is 3. The zero-order chi connectivity index (χ0) is 13.5. The predicted molar refractivity (Wildman–Crippen MR) is 73.4 cm³/mol. The van der Waals surface area contributed by atoms with Crippen molar-refractivity contribution in [2.45, 2.75) is 65.0 Å². The van der Waals surface area contributed by atoms with Gasteiger partial charge in [-0.25, -0.2) is 4.79 Å². The minimum atomic E-state index is -0.426. The molecule has 2 amide bonds. The number of carbonyl (C=O) groups excluding carboxylic acids is 1. The molecule has 0 aromatic rings. The molecule has 0 saturated heterocycles. The van der Waals surface area contributed by atoms with E-state index in [1.165, 1.54) is 12.8 Å². The fourth-order valence-electron chi connectivity index (χ4n) is 2.75. The van der Waals surface area contributed by atoms with E-state index in [-0.39, 0.29) is 12.1 Å². The number of amides is 2. The highest BCUT2D eigenvalue weighted by Gasteiger charge is 2.26. The monoisotopic (exact) mass is 256 g/mol. The summed E-state index contributed by atoms with van der Waals surface area (Å²) in [6.45, 7) is 6.84. The molecule has 1 saturated carbocycles. The zero-order valence-electron chi connectivity index (χ0n) is 11.9. The lowest BCUT2D eigenvalue weighted by Crippen LogP contribution is -2.48. The summed E-state index contributed by atoms with van der Waals surface area (Å²) in [6.07, 6.45) is 4.67. The van der Waals surface area contributed by atoms with Crippen LogP contribution in [-0.2, 0) is 0 Å². The molecule has 3 N–H and O–H groups in total. The first kappa shape index (κ1) is 15.3. The van der Waals surface area contributed by atoms with E-state index in [1.54, 1.807) is 0 Å². The summed E-state index contributed by atoms with van der Waals surface area (Å²) in [5.41, 5.74) is 0. The minimum Gasteiger partial charge on any atom is -0.391 e. The van der Waals surface area contributed by atoms with Crippen molar-refractivity contribution < 1.29 is 9.90 Å². The van der Waals surface area contributed by atoms with Crippen molar-refractivity contribution in [1.29, 1.82) is 0 Å². The van der Waals surface area contributed by atoms with Crippen LogP contribution in [-0.4, -0.2) is 29.8 Å². The van der Waals surface area contributed by atoms with Crippen molar-refractivity contribution >= 4 is 6.03 Å². The minimum absolute atomic E-state index is 0.142. The van der Waals surface area contributed by atoms with E-state index in [9.17, 15) is 9.90 Å². The van der Waals surface area contributed by atoms with Crippen LogP contribution in [0, 0.1) is 11.8 Å². The van der Waals surface area contributed by atoms with Gasteiger partial charge in [-0.15, -0.1) is 0 Å². The highest BCUT2D eigenvalue weighted by molar-refractivity contribution is 5.74. The molecular weight excluding hydrogens is 228 g/mol. The maximum Gasteiger partial charge on any atom is 0.315 e. The van der Waals surface area contributed by atoms with Gasteiger partial charge in [0.1, 0.15) is 0 Å². The lowest BCUT2D eigenvalue weighted by molar-refractivity contribution is 0.157. The van der Waals surface area contributed by atoms with Gasteiger partial charge in [-0.1, -0.05) is 27.2 Å². The van der Waals surface area contributed by atoms with Crippen molar-refractivity contribution in [2.24, 2.45) is 11.8 Å². The Hall–Kier alpha value is -0.770. The Labute approximate surface area is 111 Å². The van der Waals surface area contributed by atoms with Crippen LogP contribution in [0.4, 0.5) is 4.79 Å². The molecule has 1 fully saturated rings. The molecule has 0 aliphatic heterocycles. The molecule has 0 spiro atoms. The van der Waals surface area contributed by atoms with Gasteiger partial charge in [-0.05, 0) is 37.5 Å². The molecule has 0 heterocycles. The molecule has 4 heteroatoms. The van der Waals surface area contributed by atoms with E-state index in [4.69, 9.17) is 0 Å². The Morgan fingerprint density at radius 3 is 2.72 bits per heavy atom. The molecule has 18 heavy (non-hydrogen) atoms. The van der Waals surface area contributed by atoms with Crippen LogP contribution in [0.1, 0.15) is 52.9 Å². The first-order valence-corrected chi connectivity index (χ1v) is 7.25. The third-order valence-corrected chi connectivity index (χ3v) is 3.87. The van der Waals surface area contributed by atoms with Crippen molar-refractivity contribution in [1.82, 2.24) is 10.6 Å². The number of aliphatic hydroxyl groups is 1. The molecule has 1 rings (SSSR count). The third-order valence-electron chi connectivity index (χ3n) is 3.87. The third kappa shape index (κ3) is 5.25. The van der Waals surface area contributed by atoms with Crippen LogP contribution in [0.15, 0.2) is 0 Å². The average Bonchev–Trinajstić information content (AvgIpc) is 2.31. The second-order valence-corrected chi connectivity index (χ2v) is 5.80. The van der Waals surface area contributed by atoms with Crippen LogP contribution in [0.25, 0.3) is 0 Å². The molecule has 0 aromatic heterocycles. The van der Waals surface area contributed by atoms with Gasteiger partial charge >= 0.3 is 6.03 Å². The molecule has 106 valence electrons. The predicted octanol–water partition coefficient (Wildman–Crippen LogP) is 2.27. The van der Waals surface area contributed by atoms with Crippen LogP contribution in [0.5, 0.6) is 0 Å². The van der Waals surface area contributed by atoms with Crippen molar-refractivity contribution in [2.75, 3.05) is 6.54 Å². The molecule has 1 aliphatic rings. The fourth-order valence-corrected chi connectivity index (χ4v) is 2.75. The highest BCUT2D eigenvalue weighted by atomic mass is 16.3. The van der Waals surface area contributed by atoms with Crippen LogP contribution < -0.4 is 10.6 Å². The SMILES string of the molecule is CCCC(O)CNC(=O)NC1CCC(C)CC1C. The molecule has 1 aliphatic carbocycles. The molecule has 4 nitrogen and oxygen atoms in total. The number of rotatable bonds is 5. The maximum atomic E-state index is 11.7. The normalized spacial score (nSPS) is 29.7. The summed E-state index contributed by atoms with van der Waals surface area (Å²) in [5.74, 6) is 1.31. The lowest BCUT2D eigenvalue weighted by atomic mass is 9.80. The van der Waals surface area contributed by atoms with Crippen molar-refractivity contribution in [3.8, 4) is 0 Å². The van der Waals surface area contributed by atoms with Gasteiger partial charge in [0, 0.05) is 12.6 Å². The Bertz CT molecular complexity index is 258. The van der Waals surface area contributed by atoms with E-state index in [0.29, 0.717) is 12.5 Å². The van der Waals surface area contributed by atoms with E-state index in [1.807, 2.05) is 6.92 Å². The highest BCUT2D eigenvalue weighted by Crippen LogP contribution is 2.28. The lowest BCUT2D eigenvalue weighted by Gasteiger charge is -2.33. The average molecular weight is 256 g/mol. The van der Waals surface area contributed by atoms with Gasteiger partial charge in [0.15, 0.2) is 0 Å². The Morgan fingerprint density at radius 1 is 1.39 bits per heavy atom. The molecule has 4 atom stereocenters. The smallest absolute Gasteiger partial charge is 0.315 e. The number of urea groups is 1. The van der Waals surface area contributed by atoms with Crippen molar-refractivity contribution in [3.05, 3.63) is 0 Å². The van der Waals surface area contributed by atoms with E-state index in [2.05, 4.69) is 24.5 Å². The topological polar surface area (TPSA) is 61.4 Å². The van der Waals surface area contributed by atoms with E-state index < -0.39 is 6.10 Å². The maximum absolute atomic E-state index is 11.7. The van der Waals surface area contributed by atoms with Gasteiger partial charge in [-0.2, -0.15) is 0 Å². The summed E-state index contributed by atoms with van der Waals surface area (Å²) in [7, 11) is 0. The first-order valence-electron chi connectivity index (χ1n) is 7.25. The molecule has 0 radical (unpaired) electrons. The standard InChI is InChI=1S/C14H28N2O2/c1-4-5-12(17)9-15-14(18)16-13-7-6-10(2)8-11(13)3/h10-13,17H,4-9H2,1-3H3,(H2,15,16,18). The molecule has 0 bridgehead atoms. The largest absolute Gasteiger partial charge is 0.391 e. The van der Waals surface area contributed by atoms with E-state index >= 15 is 0 Å². The molecular formula is C14H28N2O2. The van der Waals surface area contributed by atoms with Gasteiger partial charge in [0.2, 0.25) is 0 Å². The van der Waals surface area contributed by atoms with Gasteiger partial charge in [0.25, 0.3) is 0 Å². The van der Waals surface area contributed by atoms with Crippen molar-refractivity contribution in [3.63, 3.8) is 0 Å². The molecule has 0 aromatic carbocycles. The summed E-state index contributed by atoms with van der Waals surface area (Å²) in [6, 6.07) is 0.140. The number of nitrogens with one attached hydrogen (secondary N) is 2. The van der Waals surface area contributed by atoms with Crippen LogP contribution >= 0.6 is 0 Å². The Kier molecular flexibility index (Phi) is 6.47. The van der Waals surface area contributed by atoms with Gasteiger partial charge in [0.05, 0.1) is 6.10 Å². The first-order chi connectivity index (χ1) is 8.52. The fraction of sp³-hybridized carbons (Fsp3) is 0.929. The second-order valence-electron chi connectivity index (χ2n) is 5.80. The Balaban J connectivity index is 2.23. The number of aliphatic hydroxyl groups excluding tert-OH is 1. The summed E-state index contributed by atoms with van der Waals surface area (Å²) in [4.78, 5) is 11.7. The quantitative estimate of drug-likeness (QED) is 0.706. The summed E-state index contributed by atoms with van der Waals surface area (Å²) in [5, 5.41) is 15.3. The summed E-state index contributed by atoms with van der Waals surface area (Å²) < 4.78 is 0. The molecule has 4 unspecified atom stereocenters. The zero-order valence-corrected chi connectivity index (χ0v) is 11.9. The van der Waals surface area contributed by atoms with Gasteiger partial charge in [-0.3, -0.25) is 0 Å². The second kappa shape index (κ2) is 7.62. The number of carbonyl (C=O) groups is 1.